The Labute approximate surface area is 167 Å². The van der Waals surface area contributed by atoms with Gasteiger partial charge in [-0.15, -0.1) is 0 Å². The lowest BCUT2D eigenvalue weighted by Crippen LogP contribution is -2.16. The van der Waals surface area contributed by atoms with E-state index in [1.165, 1.54) is 0 Å². The van der Waals surface area contributed by atoms with Gasteiger partial charge in [0.15, 0.2) is 17.5 Å². The predicted molar refractivity (Wildman–Crippen MR) is 101 cm³/mol. The van der Waals surface area contributed by atoms with Gasteiger partial charge < -0.3 is 0 Å². The molecule has 0 N–H and O–H groups in total. The lowest BCUT2D eigenvalue weighted by molar-refractivity contribution is 0.852. The Morgan fingerprint density at radius 1 is 0.625 bits per heavy atom. The average molecular weight is 442 g/mol. The van der Waals surface area contributed by atoms with E-state index in [2.05, 4.69) is 15.0 Å². The van der Waals surface area contributed by atoms with Crippen LogP contribution in [0.3, 0.4) is 0 Å². The van der Waals surface area contributed by atoms with E-state index in [0.29, 0.717) is 5.56 Å². The quantitative estimate of drug-likeness (QED) is 0.413. The van der Waals surface area contributed by atoms with Gasteiger partial charge in [-0.25, -0.2) is 15.0 Å². The van der Waals surface area contributed by atoms with Gasteiger partial charge in [0.05, 0.1) is 0 Å². The molecule has 0 saturated heterocycles. The van der Waals surface area contributed by atoms with Crippen molar-refractivity contribution in [3.05, 3.63) is 54.1 Å². The largest absolute Gasteiger partial charge is 0.250 e. The number of hydrogen-bond donors (Lipinski definition) is 0. The summed E-state index contributed by atoms with van der Waals surface area (Å²) in [5.74, 6) is 0.0166. The van der Waals surface area contributed by atoms with Crippen LogP contribution in [0.15, 0.2) is 42.5 Å². The van der Waals surface area contributed by atoms with Crippen molar-refractivity contribution in [1.29, 1.82) is 0 Å². The molecule has 0 bridgehead atoms. The first-order valence-electron chi connectivity index (χ1n) is 6.55. The minimum atomic E-state index is -1.88. The minimum Gasteiger partial charge on any atom is -0.209 e. The molecule has 9 heteroatoms. The Hall–Kier alpha value is -0.550. The highest BCUT2D eigenvalue weighted by Crippen LogP contribution is 2.41. The number of benzene rings is 2. The topological polar surface area (TPSA) is 38.7 Å². The molecule has 2 aromatic carbocycles. The molecule has 0 spiro atoms. The second-order valence-electron chi connectivity index (χ2n) is 4.83. The fraction of sp³-hybridized carbons (Fsp3) is 0.133. The number of rotatable bonds is 1. The molecular formula is C15H7Cl6N3. The highest BCUT2D eigenvalue weighted by Gasteiger charge is 2.34. The number of nitrogens with zero attached hydrogens (tertiary/aromatic N) is 3. The van der Waals surface area contributed by atoms with E-state index in [-0.39, 0.29) is 17.5 Å². The monoisotopic (exact) mass is 439 g/mol. The van der Waals surface area contributed by atoms with Gasteiger partial charge in [-0.2, -0.15) is 0 Å². The summed E-state index contributed by atoms with van der Waals surface area (Å²) in [6.07, 6.45) is 0. The highest BCUT2D eigenvalue weighted by atomic mass is 35.6. The van der Waals surface area contributed by atoms with E-state index >= 15 is 0 Å². The highest BCUT2D eigenvalue weighted by molar-refractivity contribution is 6.67. The Kier molecular flexibility index (Phi) is 5.05. The number of alkyl halides is 6. The fourth-order valence-electron chi connectivity index (χ4n) is 2.17. The van der Waals surface area contributed by atoms with Crippen molar-refractivity contribution in [2.75, 3.05) is 0 Å². The summed E-state index contributed by atoms with van der Waals surface area (Å²) < 4.78 is -3.76. The molecule has 24 heavy (non-hydrogen) atoms. The maximum Gasteiger partial charge on any atom is 0.250 e. The molecule has 3 rings (SSSR count). The maximum absolute atomic E-state index is 5.91. The molecule has 0 saturated carbocycles. The van der Waals surface area contributed by atoms with Crippen LogP contribution in [0.25, 0.3) is 22.2 Å². The average Bonchev–Trinajstić information content (AvgIpc) is 2.52. The maximum atomic E-state index is 5.91. The molecule has 0 aliphatic carbocycles. The molecule has 0 fully saturated rings. The molecule has 0 unspecified atom stereocenters. The van der Waals surface area contributed by atoms with Gasteiger partial charge >= 0.3 is 0 Å². The van der Waals surface area contributed by atoms with Gasteiger partial charge in [-0.05, 0) is 10.8 Å². The van der Waals surface area contributed by atoms with Crippen molar-refractivity contribution in [3.8, 4) is 11.4 Å². The van der Waals surface area contributed by atoms with Gasteiger partial charge in [0.2, 0.25) is 7.59 Å². The van der Waals surface area contributed by atoms with Crippen LogP contribution in [0.2, 0.25) is 0 Å². The molecule has 0 aliphatic rings. The Morgan fingerprint density at radius 2 is 1.17 bits per heavy atom. The minimum absolute atomic E-state index is 0.119. The summed E-state index contributed by atoms with van der Waals surface area (Å²) in [6.45, 7) is 0. The lowest BCUT2D eigenvalue weighted by Gasteiger charge is -2.16. The lowest BCUT2D eigenvalue weighted by atomic mass is 10.0. The van der Waals surface area contributed by atoms with E-state index < -0.39 is 7.59 Å². The van der Waals surface area contributed by atoms with Crippen LogP contribution in [0.5, 0.6) is 0 Å². The summed E-state index contributed by atoms with van der Waals surface area (Å²) in [5, 5.41) is 1.91. The molecule has 0 aliphatic heterocycles. The normalized spacial score (nSPS) is 12.6. The summed E-state index contributed by atoms with van der Waals surface area (Å²) in [6, 6.07) is 13.4. The van der Waals surface area contributed by atoms with E-state index in [1.807, 2.05) is 42.5 Å². The Bertz CT molecular complexity index is 864. The number of halogens is 6. The third kappa shape index (κ3) is 3.82. The zero-order valence-corrected chi connectivity index (χ0v) is 16.2. The van der Waals surface area contributed by atoms with Gasteiger partial charge in [0, 0.05) is 5.56 Å². The second-order valence-corrected chi connectivity index (χ2v) is 9.39. The zero-order chi connectivity index (χ0) is 17.5. The van der Waals surface area contributed by atoms with Crippen molar-refractivity contribution >= 4 is 80.4 Å². The molecule has 0 radical (unpaired) electrons. The summed E-state index contributed by atoms with van der Waals surface area (Å²) in [7, 11) is 0. The number of hydrogen-bond acceptors (Lipinski definition) is 3. The van der Waals surface area contributed by atoms with E-state index in [4.69, 9.17) is 69.6 Å². The van der Waals surface area contributed by atoms with Crippen LogP contribution in [0, 0.1) is 0 Å². The first kappa shape index (κ1) is 18.2. The first-order valence-corrected chi connectivity index (χ1v) is 8.81. The SMILES string of the molecule is ClC(Cl)(Cl)c1nc(-c2cccc3ccccc23)nc(C(Cl)(Cl)Cl)n1. The van der Waals surface area contributed by atoms with E-state index in [9.17, 15) is 0 Å². The third-order valence-corrected chi connectivity index (χ3v) is 4.19. The summed E-state index contributed by atoms with van der Waals surface area (Å²) in [4.78, 5) is 12.5. The predicted octanol–water partition coefficient (Wildman–Crippen LogP) is 6.35. The van der Waals surface area contributed by atoms with E-state index in [0.717, 1.165) is 10.8 Å². The van der Waals surface area contributed by atoms with Crippen LogP contribution in [0.4, 0.5) is 0 Å². The van der Waals surface area contributed by atoms with Gasteiger partial charge in [-0.3, -0.25) is 0 Å². The van der Waals surface area contributed by atoms with Crippen molar-refractivity contribution < 1.29 is 0 Å². The van der Waals surface area contributed by atoms with Gasteiger partial charge in [0.25, 0.3) is 0 Å². The Morgan fingerprint density at radius 3 is 1.75 bits per heavy atom. The zero-order valence-electron chi connectivity index (χ0n) is 11.7. The van der Waals surface area contributed by atoms with Crippen LogP contribution >= 0.6 is 69.6 Å². The van der Waals surface area contributed by atoms with Crippen molar-refractivity contribution in [2.45, 2.75) is 7.59 Å². The molecular weight excluding hydrogens is 435 g/mol. The standard InChI is InChI=1S/C15H7Cl6N3/c16-14(17,18)12-22-11(23-13(24-12)15(19,20)21)10-7-3-5-8-4-1-2-6-9(8)10/h1-7H. The van der Waals surface area contributed by atoms with E-state index in [1.54, 1.807) is 0 Å². The molecule has 1 aromatic heterocycles. The number of aromatic nitrogens is 3. The number of fused-ring (bicyclic) bond motifs is 1. The van der Waals surface area contributed by atoms with Crippen molar-refractivity contribution in [1.82, 2.24) is 15.0 Å². The molecule has 0 atom stereocenters. The van der Waals surface area contributed by atoms with Crippen LogP contribution < -0.4 is 0 Å². The Balaban J connectivity index is 2.30. The molecule has 124 valence electrons. The molecule has 0 amide bonds. The van der Waals surface area contributed by atoms with Crippen LogP contribution in [-0.2, 0) is 7.59 Å². The van der Waals surface area contributed by atoms with Gasteiger partial charge in [-0.1, -0.05) is 112 Å². The first-order chi connectivity index (χ1) is 11.2. The van der Waals surface area contributed by atoms with Crippen LogP contribution in [0.1, 0.15) is 11.6 Å². The van der Waals surface area contributed by atoms with Gasteiger partial charge in [0.1, 0.15) is 0 Å². The molecule has 3 nitrogen and oxygen atoms in total. The van der Waals surface area contributed by atoms with Crippen molar-refractivity contribution in [3.63, 3.8) is 0 Å². The molecule has 3 aromatic rings. The summed E-state index contributed by atoms with van der Waals surface area (Å²) in [5.41, 5.74) is 0.710. The summed E-state index contributed by atoms with van der Waals surface area (Å²) >= 11 is 35.4. The molecule has 1 heterocycles. The smallest absolute Gasteiger partial charge is 0.209 e. The second kappa shape index (κ2) is 6.64. The van der Waals surface area contributed by atoms with Crippen LogP contribution in [-0.4, -0.2) is 15.0 Å². The fourth-order valence-corrected chi connectivity index (χ4v) is 2.68. The van der Waals surface area contributed by atoms with Crippen molar-refractivity contribution in [2.24, 2.45) is 0 Å². The third-order valence-electron chi connectivity index (χ3n) is 3.17.